The van der Waals surface area contributed by atoms with Gasteiger partial charge in [0, 0.05) is 6.61 Å². The van der Waals surface area contributed by atoms with Gasteiger partial charge in [0.2, 0.25) is 5.91 Å². The molecule has 27 heavy (non-hydrogen) atoms. The molecule has 2 heterocycles. The average Bonchev–Trinajstić information content (AvgIpc) is 3.04. The molecule has 2 amide bonds. The minimum Gasteiger partial charge on any atom is -0.447 e. The summed E-state index contributed by atoms with van der Waals surface area (Å²) in [4.78, 5) is 27.0. The van der Waals surface area contributed by atoms with Crippen LogP contribution in [0.15, 0.2) is 18.2 Å². The van der Waals surface area contributed by atoms with Gasteiger partial charge in [-0.15, -0.1) is 0 Å². The summed E-state index contributed by atoms with van der Waals surface area (Å²) in [5.41, 5.74) is 0.741. The van der Waals surface area contributed by atoms with Crippen LogP contribution < -0.4 is 0 Å². The van der Waals surface area contributed by atoms with E-state index in [1.807, 2.05) is 13.8 Å². The molecule has 2 fully saturated rings. The van der Waals surface area contributed by atoms with Crippen molar-refractivity contribution in [1.82, 2.24) is 4.90 Å². The number of benzene rings is 1. The van der Waals surface area contributed by atoms with E-state index in [4.69, 9.17) is 32.7 Å². The van der Waals surface area contributed by atoms with Gasteiger partial charge in [-0.05, 0) is 49.3 Å². The van der Waals surface area contributed by atoms with Gasteiger partial charge >= 0.3 is 6.09 Å². The van der Waals surface area contributed by atoms with Gasteiger partial charge < -0.3 is 9.47 Å². The highest BCUT2D eigenvalue weighted by atomic mass is 35.5. The lowest BCUT2D eigenvalue weighted by Crippen LogP contribution is -2.45. The lowest BCUT2D eigenvalue weighted by molar-refractivity contribution is -0.132. The molecule has 0 aliphatic carbocycles. The molecule has 3 rings (SSSR count). The van der Waals surface area contributed by atoms with Crippen LogP contribution in [-0.4, -0.2) is 42.3 Å². The largest absolute Gasteiger partial charge is 0.447 e. The van der Waals surface area contributed by atoms with E-state index >= 15 is 0 Å². The Bertz CT molecular complexity index is 703. The standard InChI is InChI=1S/C20H25Cl2NO4/c1-12(2)18-11-27-20(25)23(18)19(24)15(10-14-5-3-4-8-26-14)13-6-7-16(21)17(22)9-13/h6-7,9,12,14-15,18H,3-5,8,10-11H2,1-2H3/t14?,15-,18+/m0/s1. The molecule has 5 nitrogen and oxygen atoms in total. The topological polar surface area (TPSA) is 55.8 Å². The number of cyclic esters (lactones) is 1. The number of amides is 2. The lowest BCUT2D eigenvalue weighted by Gasteiger charge is -2.30. The Labute approximate surface area is 169 Å². The van der Waals surface area contributed by atoms with Crippen LogP contribution in [0.25, 0.3) is 0 Å². The molecule has 2 aliphatic rings. The number of hydrogen-bond donors (Lipinski definition) is 0. The molecule has 0 spiro atoms. The Morgan fingerprint density at radius 2 is 2.04 bits per heavy atom. The number of halogens is 2. The first-order chi connectivity index (χ1) is 12.9. The molecule has 148 valence electrons. The van der Waals surface area contributed by atoms with Gasteiger partial charge in [-0.2, -0.15) is 0 Å². The van der Waals surface area contributed by atoms with Gasteiger partial charge in [0.15, 0.2) is 0 Å². The molecule has 1 unspecified atom stereocenters. The fraction of sp³-hybridized carbons (Fsp3) is 0.600. The van der Waals surface area contributed by atoms with E-state index in [2.05, 4.69) is 0 Å². The number of ether oxygens (including phenoxy) is 2. The zero-order chi connectivity index (χ0) is 19.6. The van der Waals surface area contributed by atoms with E-state index in [0.717, 1.165) is 24.8 Å². The van der Waals surface area contributed by atoms with Crippen LogP contribution in [0.3, 0.4) is 0 Å². The van der Waals surface area contributed by atoms with Crippen molar-refractivity contribution in [1.29, 1.82) is 0 Å². The third-order valence-corrected chi connectivity index (χ3v) is 6.07. The molecule has 7 heteroatoms. The normalized spacial score (nSPS) is 24.2. The number of carbonyl (C=O) groups excluding carboxylic acids is 2. The molecule has 0 N–H and O–H groups in total. The second-order valence-corrected chi connectivity index (χ2v) is 8.36. The molecule has 1 aromatic carbocycles. The highest BCUT2D eigenvalue weighted by Gasteiger charge is 2.43. The van der Waals surface area contributed by atoms with E-state index < -0.39 is 12.0 Å². The summed E-state index contributed by atoms with van der Waals surface area (Å²) in [6, 6.07) is 4.93. The Morgan fingerprint density at radius 3 is 2.67 bits per heavy atom. The lowest BCUT2D eigenvalue weighted by atomic mass is 9.88. The molecule has 2 aliphatic heterocycles. The first-order valence-electron chi connectivity index (χ1n) is 9.45. The first kappa shape index (κ1) is 20.4. The van der Waals surface area contributed by atoms with Crippen molar-refractivity contribution in [2.75, 3.05) is 13.2 Å². The van der Waals surface area contributed by atoms with Crippen LogP contribution in [0.1, 0.15) is 51.0 Å². The van der Waals surface area contributed by atoms with Gasteiger partial charge in [0.05, 0.1) is 28.1 Å². The molecule has 2 saturated heterocycles. The number of imide groups is 1. The quantitative estimate of drug-likeness (QED) is 0.678. The van der Waals surface area contributed by atoms with Crippen LogP contribution in [0.5, 0.6) is 0 Å². The molecule has 3 atom stereocenters. The Balaban J connectivity index is 1.91. The second-order valence-electron chi connectivity index (χ2n) is 7.55. The fourth-order valence-corrected chi connectivity index (χ4v) is 4.02. The highest BCUT2D eigenvalue weighted by Crippen LogP contribution is 2.34. The second kappa shape index (κ2) is 8.80. The fourth-order valence-electron chi connectivity index (χ4n) is 3.71. The Morgan fingerprint density at radius 1 is 1.26 bits per heavy atom. The smallest absolute Gasteiger partial charge is 0.417 e. The van der Waals surface area contributed by atoms with Gasteiger partial charge in [-0.1, -0.05) is 43.1 Å². The average molecular weight is 414 g/mol. The Kier molecular flexibility index (Phi) is 6.66. The number of hydrogen-bond acceptors (Lipinski definition) is 4. The third kappa shape index (κ3) is 4.58. The van der Waals surface area contributed by atoms with Gasteiger partial charge in [-0.3, -0.25) is 4.79 Å². The predicted molar refractivity (Wildman–Crippen MR) is 104 cm³/mol. The summed E-state index contributed by atoms with van der Waals surface area (Å²) in [7, 11) is 0. The summed E-state index contributed by atoms with van der Waals surface area (Å²) >= 11 is 12.2. The Hall–Kier alpha value is -1.30. The SMILES string of the molecule is CC(C)[C@H]1COC(=O)N1C(=O)[C@@H](CC1CCCCO1)c1ccc(Cl)c(Cl)c1. The van der Waals surface area contributed by atoms with Crippen LogP contribution in [0.4, 0.5) is 4.79 Å². The summed E-state index contributed by atoms with van der Waals surface area (Å²) in [5.74, 6) is -0.681. The maximum absolute atomic E-state index is 13.4. The molecule has 0 saturated carbocycles. The van der Waals surface area contributed by atoms with Crippen molar-refractivity contribution in [2.45, 2.75) is 57.6 Å². The van der Waals surface area contributed by atoms with E-state index in [0.29, 0.717) is 23.1 Å². The highest BCUT2D eigenvalue weighted by molar-refractivity contribution is 6.42. The minimum atomic E-state index is -0.576. The van der Waals surface area contributed by atoms with Gasteiger partial charge in [-0.25, -0.2) is 9.69 Å². The van der Waals surface area contributed by atoms with E-state index in [1.165, 1.54) is 4.90 Å². The van der Waals surface area contributed by atoms with Crippen molar-refractivity contribution in [3.63, 3.8) is 0 Å². The minimum absolute atomic E-state index is 0.0155. The van der Waals surface area contributed by atoms with Gasteiger partial charge in [0.1, 0.15) is 6.61 Å². The van der Waals surface area contributed by atoms with Crippen LogP contribution in [0.2, 0.25) is 10.0 Å². The van der Waals surface area contributed by atoms with Crippen molar-refractivity contribution < 1.29 is 19.1 Å². The number of rotatable bonds is 5. The first-order valence-corrected chi connectivity index (χ1v) is 10.2. The molecule has 0 aromatic heterocycles. The maximum atomic E-state index is 13.4. The van der Waals surface area contributed by atoms with E-state index in [-0.39, 0.29) is 30.6 Å². The number of nitrogens with zero attached hydrogens (tertiary/aromatic N) is 1. The van der Waals surface area contributed by atoms with Crippen LogP contribution in [0, 0.1) is 5.92 Å². The summed E-state index contributed by atoms with van der Waals surface area (Å²) in [6.45, 7) is 4.89. The van der Waals surface area contributed by atoms with Gasteiger partial charge in [0.25, 0.3) is 0 Å². The summed E-state index contributed by atoms with van der Waals surface area (Å²) in [6.07, 6.45) is 2.93. The molecular weight excluding hydrogens is 389 g/mol. The van der Waals surface area contributed by atoms with E-state index in [1.54, 1.807) is 18.2 Å². The zero-order valence-electron chi connectivity index (χ0n) is 15.6. The molecular formula is C20H25Cl2NO4. The third-order valence-electron chi connectivity index (χ3n) is 5.33. The maximum Gasteiger partial charge on any atom is 0.417 e. The van der Waals surface area contributed by atoms with Crippen molar-refractivity contribution in [2.24, 2.45) is 5.92 Å². The van der Waals surface area contributed by atoms with Crippen molar-refractivity contribution in [3.8, 4) is 0 Å². The summed E-state index contributed by atoms with van der Waals surface area (Å²) in [5, 5.41) is 0.821. The van der Waals surface area contributed by atoms with Crippen molar-refractivity contribution >= 4 is 35.2 Å². The monoisotopic (exact) mass is 413 g/mol. The van der Waals surface area contributed by atoms with Crippen LogP contribution in [-0.2, 0) is 14.3 Å². The van der Waals surface area contributed by atoms with E-state index in [9.17, 15) is 9.59 Å². The zero-order valence-corrected chi connectivity index (χ0v) is 17.1. The molecule has 0 radical (unpaired) electrons. The molecule has 0 bridgehead atoms. The van der Waals surface area contributed by atoms with Crippen molar-refractivity contribution in [3.05, 3.63) is 33.8 Å². The molecule has 1 aromatic rings. The summed E-state index contributed by atoms with van der Waals surface area (Å²) < 4.78 is 11.0. The number of carbonyl (C=O) groups is 2. The van der Waals surface area contributed by atoms with Crippen LogP contribution >= 0.6 is 23.2 Å². The predicted octanol–water partition coefficient (Wildman–Crippen LogP) is 5.04.